The van der Waals surface area contributed by atoms with Gasteiger partial charge in [-0.2, -0.15) is 0 Å². The molecular formula is C22H26N2O2. The fraction of sp³-hybridized carbons (Fsp3) is 0.364. The summed E-state index contributed by atoms with van der Waals surface area (Å²) in [4.78, 5) is 26.4. The topological polar surface area (TPSA) is 86.2 Å². The first-order valence-electron chi connectivity index (χ1n) is 8.80. The Morgan fingerprint density at radius 2 is 1.31 bits per heavy atom. The second kappa shape index (κ2) is 5.44. The summed E-state index contributed by atoms with van der Waals surface area (Å²) in [7, 11) is 0. The van der Waals surface area contributed by atoms with Crippen LogP contribution in [0.25, 0.3) is 0 Å². The van der Waals surface area contributed by atoms with E-state index < -0.39 is 0 Å². The van der Waals surface area contributed by atoms with E-state index >= 15 is 0 Å². The van der Waals surface area contributed by atoms with Gasteiger partial charge in [0.05, 0.1) is 11.1 Å². The molecule has 4 N–H and O–H groups in total. The summed E-state index contributed by atoms with van der Waals surface area (Å²) in [5.41, 5.74) is 15.9. The van der Waals surface area contributed by atoms with Crippen molar-refractivity contribution in [1.29, 1.82) is 0 Å². The van der Waals surface area contributed by atoms with E-state index in [0.717, 1.165) is 11.1 Å². The normalized spacial score (nSPS) is 14.2. The van der Waals surface area contributed by atoms with E-state index in [4.69, 9.17) is 11.5 Å². The Balaban J connectivity index is 2.32. The van der Waals surface area contributed by atoms with Gasteiger partial charge in [0.25, 0.3) is 0 Å². The first-order valence-corrected chi connectivity index (χ1v) is 8.80. The zero-order chi connectivity index (χ0) is 19.6. The van der Waals surface area contributed by atoms with Crippen molar-refractivity contribution >= 4 is 22.9 Å². The molecule has 0 amide bonds. The number of carbonyl (C=O) groups excluding carboxylic acids is 2. The molecule has 0 heterocycles. The van der Waals surface area contributed by atoms with Gasteiger partial charge < -0.3 is 11.5 Å². The molecule has 0 bridgehead atoms. The van der Waals surface area contributed by atoms with Gasteiger partial charge in [0.2, 0.25) is 0 Å². The SMILES string of the molecule is CC(C)(C)c1cc(N)c2c(c1)C(=O)c1c(ccc(C(C)(C)C)c1N)C2=O. The maximum Gasteiger partial charge on any atom is 0.196 e. The molecule has 0 atom stereocenters. The third-order valence-electron chi connectivity index (χ3n) is 5.03. The second-order valence-electron chi connectivity index (χ2n) is 9.10. The predicted molar refractivity (Wildman–Crippen MR) is 106 cm³/mol. The summed E-state index contributed by atoms with van der Waals surface area (Å²) in [5.74, 6) is -0.462. The van der Waals surface area contributed by atoms with Crippen LogP contribution in [0.3, 0.4) is 0 Å². The third-order valence-corrected chi connectivity index (χ3v) is 5.03. The molecule has 0 unspecified atom stereocenters. The molecule has 0 spiro atoms. The van der Waals surface area contributed by atoms with Crippen LogP contribution >= 0.6 is 0 Å². The Labute approximate surface area is 154 Å². The number of hydrogen-bond acceptors (Lipinski definition) is 4. The largest absolute Gasteiger partial charge is 0.398 e. The van der Waals surface area contributed by atoms with Crippen molar-refractivity contribution in [3.05, 3.63) is 57.6 Å². The molecule has 0 aliphatic heterocycles. The zero-order valence-electron chi connectivity index (χ0n) is 16.3. The van der Waals surface area contributed by atoms with Crippen LogP contribution in [-0.4, -0.2) is 11.6 Å². The number of fused-ring (bicyclic) bond motifs is 2. The molecule has 2 aromatic rings. The molecule has 0 fully saturated rings. The fourth-order valence-electron chi connectivity index (χ4n) is 3.51. The molecule has 26 heavy (non-hydrogen) atoms. The van der Waals surface area contributed by atoms with E-state index in [2.05, 4.69) is 0 Å². The Bertz CT molecular complexity index is 958. The standard InChI is InChI=1S/C22H26N2O2/c1-21(2,3)11-9-13-16(15(23)10-11)19(25)12-7-8-14(22(4,5)6)18(24)17(12)20(13)26/h7-10H,23-24H2,1-6H3. The van der Waals surface area contributed by atoms with Crippen molar-refractivity contribution in [3.63, 3.8) is 0 Å². The first kappa shape index (κ1) is 18.2. The minimum absolute atomic E-state index is 0.189. The maximum absolute atomic E-state index is 13.3. The average molecular weight is 350 g/mol. The first-order chi connectivity index (χ1) is 11.8. The van der Waals surface area contributed by atoms with Gasteiger partial charge in [-0.15, -0.1) is 0 Å². The van der Waals surface area contributed by atoms with Gasteiger partial charge >= 0.3 is 0 Å². The molecule has 4 nitrogen and oxygen atoms in total. The van der Waals surface area contributed by atoms with E-state index in [9.17, 15) is 9.59 Å². The van der Waals surface area contributed by atoms with E-state index in [1.54, 1.807) is 18.2 Å². The number of ketones is 2. The molecule has 0 saturated heterocycles. The molecular weight excluding hydrogens is 324 g/mol. The van der Waals surface area contributed by atoms with Gasteiger partial charge in [0.15, 0.2) is 11.6 Å². The number of hydrogen-bond donors (Lipinski definition) is 2. The highest BCUT2D eigenvalue weighted by atomic mass is 16.1. The zero-order valence-corrected chi connectivity index (χ0v) is 16.3. The van der Waals surface area contributed by atoms with Crippen LogP contribution in [0.1, 0.15) is 84.5 Å². The van der Waals surface area contributed by atoms with Gasteiger partial charge in [0.1, 0.15) is 0 Å². The van der Waals surface area contributed by atoms with Gasteiger partial charge in [-0.05, 0) is 40.2 Å². The summed E-state index contributed by atoms with van der Waals surface area (Å²) in [6.45, 7) is 12.2. The minimum atomic E-state index is -0.236. The second-order valence-corrected chi connectivity index (χ2v) is 9.10. The number of carbonyl (C=O) groups is 2. The van der Waals surface area contributed by atoms with Crippen LogP contribution in [0.15, 0.2) is 24.3 Å². The lowest BCUT2D eigenvalue weighted by atomic mass is 9.75. The van der Waals surface area contributed by atoms with Crippen LogP contribution in [0.4, 0.5) is 11.4 Å². The molecule has 1 aliphatic rings. The van der Waals surface area contributed by atoms with Crippen molar-refractivity contribution in [2.24, 2.45) is 0 Å². The van der Waals surface area contributed by atoms with E-state index in [0.29, 0.717) is 33.6 Å². The number of nitrogen functional groups attached to an aromatic ring is 2. The predicted octanol–water partition coefficient (Wildman–Crippen LogP) is 4.22. The summed E-state index contributed by atoms with van der Waals surface area (Å²) in [6, 6.07) is 7.12. The molecule has 2 aromatic carbocycles. The van der Waals surface area contributed by atoms with Crippen molar-refractivity contribution in [2.45, 2.75) is 52.4 Å². The van der Waals surface area contributed by atoms with E-state index in [1.165, 1.54) is 0 Å². The Morgan fingerprint density at radius 1 is 0.731 bits per heavy atom. The van der Waals surface area contributed by atoms with Crippen molar-refractivity contribution in [3.8, 4) is 0 Å². The van der Waals surface area contributed by atoms with Gasteiger partial charge in [-0.1, -0.05) is 47.6 Å². The number of benzene rings is 2. The van der Waals surface area contributed by atoms with Crippen LogP contribution in [0.2, 0.25) is 0 Å². The fourth-order valence-corrected chi connectivity index (χ4v) is 3.51. The lowest BCUT2D eigenvalue weighted by Gasteiger charge is -2.28. The molecule has 3 rings (SSSR count). The summed E-state index contributed by atoms with van der Waals surface area (Å²) in [6.07, 6.45) is 0. The number of anilines is 2. The number of rotatable bonds is 0. The molecule has 0 saturated carbocycles. The highest BCUT2D eigenvalue weighted by Crippen LogP contribution is 2.40. The summed E-state index contributed by atoms with van der Waals surface area (Å²) < 4.78 is 0. The van der Waals surface area contributed by atoms with Crippen LogP contribution < -0.4 is 11.5 Å². The minimum Gasteiger partial charge on any atom is -0.398 e. The Morgan fingerprint density at radius 3 is 1.85 bits per heavy atom. The molecule has 4 heteroatoms. The average Bonchev–Trinajstić information content (AvgIpc) is 2.49. The molecule has 0 radical (unpaired) electrons. The van der Waals surface area contributed by atoms with Crippen molar-refractivity contribution < 1.29 is 9.59 Å². The molecule has 0 aromatic heterocycles. The molecule has 136 valence electrons. The van der Waals surface area contributed by atoms with Crippen LogP contribution in [0.5, 0.6) is 0 Å². The Kier molecular flexibility index (Phi) is 3.80. The highest BCUT2D eigenvalue weighted by Gasteiger charge is 2.36. The third kappa shape index (κ3) is 2.61. The van der Waals surface area contributed by atoms with Crippen molar-refractivity contribution in [2.75, 3.05) is 11.5 Å². The highest BCUT2D eigenvalue weighted by molar-refractivity contribution is 6.31. The Hall–Kier alpha value is -2.62. The number of nitrogens with two attached hydrogens (primary N) is 2. The van der Waals surface area contributed by atoms with Gasteiger partial charge in [-0.25, -0.2) is 0 Å². The summed E-state index contributed by atoms with van der Waals surface area (Å²) >= 11 is 0. The monoisotopic (exact) mass is 350 g/mol. The maximum atomic E-state index is 13.3. The van der Waals surface area contributed by atoms with Crippen LogP contribution in [-0.2, 0) is 10.8 Å². The summed E-state index contributed by atoms with van der Waals surface area (Å²) in [5, 5.41) is 0. The van der Waals surface area contributed by atoms with E-state index in [-0.39, 0.29) is 22.4 Å². The quantitative estimate of drug-likeness (QED) is 0.594. The smallest absolute Gasteiger partial charge is 0.196 e. The lowest BCUT2D eigenvalue weighted by molar-refractivity contribution is 0.0980. The van der Waals surface area contributed by atoms with Crippen LogP contribution in [0, 0.1) is 0 Å². The lowest BCUT2D eigenvalue weighted by Crippen LogP contribution is -2.27. The van der Waals surface area contributed by atoms with Crippen molar-refractivity contribution in [1.82, 2.24) is 0 Å². The van der Waals surface area contributed by atoms with Gasteiger partial charge in [0, 0.05) is 22.5 Å². The van der Waals surface area contributed by atoms with E-state index in [1.807, 2.05) is 47.6 Å². The van der Waals surface area contributed by atoms with Gasteiger partial charge in [-0.3, -0.25) is 9.59 Å². The molecule has 1 aliphatic carbocycles.